The van der Waals surface area contributed by atoms with Gasteiger partial charge in [-0.1, -0.05) is 17.7 Å². The van der Waals surface area contributed by atoms with Gasteiger partial charge in [-0.3, -0.25) is 4.90 Å². The number of hydrogen-bond acceptors (Lipinski definition) is 5. The van der Waals surface area contributed by atoms with Crippen LogP contribution in [-0.4, -0.2) is 39.5 Å². The summed E-state index contributed by atoms with van der Waals surface area (Å²) in [4.78, 5) is 5.27. The van der Waals surface area contributed by atoms with Crippen LogP contribution in [0.4, 0.5) is 5.69 Å². The average molecular weight is 388 g/mol. The van der Waals surface area contributed by atoms with Crippen molar-refractivity contribution in [2.45, 2.75) is 29.5 Å². The molecule has 0 aliphatic carbocycles. The van der Waals surface area contributed by atoms with Gasteiger partial charge in [-0.05, 0) is 56.6 Å². The lowest BCUT2D eigenvalue weighted by Gasteiger charge is -2.35. The minimum absolute atomic E-state index is 0.149. The number of likely N-dealkylation sites (tertiary alicyclic amines) is 1. The molecule has 2 unspecified atom stereocenters. The minimum atomic E-state index is -3.67. The monoisotopic (exact) mass is 387 g/mol. The van der Waals surface area contributed by atoms with Crippen molar-refractivity contribution >= 4 is 27.0 Å². The van der Waals surface area contributed by atoms with E-state index in [1.165, 1.54) is 22.9 Å². The van der Waals surface area contributed by atoms with Crippen molar-refractivity contribution in [3.63, 3.8) is 0 Å². The zero-order valence-corrected chi connectivity index (χ0v) is 16.4. The van der Waals surface area contributed by atoms with Crippen LogP contribution in [0.5, 0.6) is 0 Å². The quantitative estimate of drug-likeness (QED) is 0.763. The number of anilines is 1. The Balaban J connectivity index is 1.70. The van der Waals surface area contributed by atoms with Gasteiger partial charge in [0.1, 0.15) is 4.21 Å². The predicted molar refractivity (Wildman–Crippen MR) is 105 cm³/mol. The summed E-state index contributed by atoms with van der Waals surface area (Å²) in [7, 11) is -1.50. The van der Waals surface area contributed by atoms with Gasteiger partial charge in [0.2, 0.25) is 10.0 Å². The molecule has 1 fully saturated rings. The molecule has 136 valence electrons. The number of nitrogens with two attached hydrogens (primary N) is 1. The van der Waals surface area contributed by atoms with Gasteiger partial charge in [0.05, 0.1) is 16.6 Å². The predicted octanol–water partition coefficient (Wildman–Crippen LogP) is 2.32. The van der Waals surface area contributed by atoms with Gasteiger partial charge in [-0.2, -0.15) is 0 Å². The highest BCUT2D eigenvalue weighted by atomic mass is 32.2. The zero-order valence-electron chi connectivity index (χ0n) is 14.8. The summed E-state index contributed by atoms with van der Waals surface area (Å²) in [6.45, 7) is 4.21. The van der Waals surface area contributed by atoms with E-state index in [0.717, 1.165) is 30.8 Å². The van der Waals surface area contributed by atoms with E-state index < -0.39 is 10.0 Å². The Labute approximate surface area is 158 Å². The fraction of sp³-hybridized carbons (Fsp3) is 0.368. The third kappa shape index (κ3) is 3.14. The molecule has 0 amide bonds. The molecule has 1 aromatic heterocycles. The number of rotatable bonds is 1. The molecule has 4 rings (SSSR count). The zero-order chi connectivity index (χ0) is 18.5. The molecule has 2 aliphatic heterocycles. The molecule has 1 aromatic carbocycles. The molecule has 0 bridgehead atoms. The summed E-state index contributed by atoms with van der Waals surface area (Å²) < 4.78 is 23.0. The van der Waals surface area contributed by atoms with Crippen LogP contribution < -0.4 is 10.0 Å². The number of sulfonamides is 1. The van der Waals surface area contributed by atoms with E-state index >= 15 is 0 Å². The maximum absolute atomic E-state index is 11.4. The highest BCUT2D eigenvalue weighted by Crippen LogP contribution is 2.44. The number of piperidine rings is 1. The first-order valence-corrected chi connectivity index (χ1v) is 10.9. The van der Waals surface area contributed by atoms with Crippen LogP contribution in [0.3, 0.4) is 0 Å². The maximum atomic E-state index is 11.4. The number of hydrogen-bond donors (Lipinski definition) is 1. The number of fused-ring (bicyclic) bond motifs is 3. The molecule has 7 heteroatoms. The second kappa shape index (κ2) is 6.39. The smallest absolute Gasteiger partial charge is 0.247 e. The SMILES string of the molecule is Cc1ccc2c(c1)C1CN(C)CCC1N2C#Cc1ccc(S(N)(=O)=O)s1. The van der Waals surface area contributed by atoms with Crippen molar-refractivity contribution in [3.05, 3.63) is 46.3 Å². The lowest BCUT2D eigenvalue weighted by Crippen LogP contribution is -2.43. The number of primary sulfonamides is 1. The van der Waals surface area contributed by atoms with Crippen LogP contribution in [0.1, 0.15) is 28.3 Å². The second-order valence-corrected chi connectivity index (χ2v) is 9.93. The normalized spacial score (nSPS) is 22.5. The first kappa shape index (κ1) is 17.6. The Morgan fingerprint density at radius 1 is 1.27 bits per heavy atom. The molecule has 0 saturated carbocycles. The third-order valence-corrected chi connectivity index (χ3v) is 7.55. The van der Waals surface area contributed by atoms with Crippen LogP contribution >= 0.6 is 11.3 Å². The van der Waals surface area contributed by atoms with Gasteiger partial charge in [-0.25, -0.2) is 13.6 Å². The van der Waals surface area contributed by atoms with E-state index in [9.17, 15) is 8.42 Å². The highest BCUT2D eigenvalue weighted by Gasteiger charge is 2.40. The lowest BCUT2D eigenvalue weighted by molar-refractivity contribution is 0.236. The van der Waals surface area contributed by atoms with Crippen molar-refractivity contribution in [2.24, 2.45) is 5.14 Å². The molecule has 0 spiro atoms. The first-order chi connectivity index (χ1) is 12.3. The molecule has 0 radical (unpaired) electrons. The van der Waals surface area contributed by atoms with Crippen LogP contribution in [0.25, 0.3) is 0 Å². The summed E-state index contributed by atoms with van der Waals surface area (Å²) in [5.41, 5.74) is 3.81. The van der Waals surface area contributed by atoms with Crippen LogP contribution in [0, 0.1) is 18.9 Å². The molecule has 1 saturated heterocycles. The van der Waals surface area contributed by atoms with Crippen molar-refractivity contribution < 1.29 is 8.42 Å². The van der Waals surface area contributed by atoms with Gasteiger partial charge in [0, 0.05) is 18.5 Å². The Morgan fingerprint density at radius 2 is 2.08 bits per heavy atom. The minimum Gasteiger partial charge on any atom is -0.306 e. The topological polar surface area (TPSA) is 66.6 Å². The summed E-state index contributed by atoms with van der Waals surface area (Å²) in [5.74, 6) is 3.60. The first-order valence-electron chi connectivity index (χ1n) is 8.55. The van der Waals surface area contributed by atoms with Crippen LogP contribution in [0.15, 0.2) is 34.5 Å². The fourth-order valence-corrected chi connectivity index (χ4v) is 5.46. The molecule has 2 aliphatic rings. The molecule has 2 aromatic rings. The van der Waals surface area contributed by atoms with Crippen molar-refractivity contribution in [1.82, 2.24) is 4.90 Å². The molecular formula is C19H21N3O2S2. The van der Waals surface area contributed by atoms with Gasteiger partial charge < -0.3 is 4.90 Å². The van der Waals surface area contributed by atoms with Gasteiger partial charge in [0.25, 0.3) is 0 Å². The van der Waals surface area contributed by atoms with Crippen LogP contribution in [-0.2, 0) is 10.0 Å². The van der Waals surface area contributed by atoms with E-state index in [-0.39, 0.29) is 4.21 Å². The van der Waals surface area contributed by atoms with Crippen molar-refractivity contribution in [3.8, 4) is 12.0 Å². The molecule has 2 atom stereocenters. The standard InChI is InChI=1S/C19H21N3O2S2/c1-13-3-5-17-15(11-13)16-12-21(2)9-8-18(16)22(17)10-7-14-4-6-19(25-14)26(20,23)24/h3-6,11,16,18H,8-9,12H2,1-2H3,(H2,20,23,24). The summed E-state index contributed by atoms with van der Waals surface area (Å²) in [5, 5.41) is 5.19. The van der Waals surface area contributed by atoms with E-state index in [4.69, 9.17) is 5.14 Å². The van der Waals surface area contributed by atoms with Crippen molar-refractivity contribution in [2.75, 3.05) is 25.0 Å². The number of aryl methyl sites for hydroxylation is 1. The second-order valence-electron chi connectivity index (χ2n) is 7.06. The lowest BCUT2D eigenvalue weighted by atomic mass is 9.89. The highest BCUT2D eigenvalue weighted by molar-refractivity contribution is 7.91. The average Bonchev–Trinajstić information content (AvgIpc) is 3.16. The maximum Gasteiger partial charge on any atom is 0.247 e. The number of thiophene rings is 1. The Kier molecular flexibility index (Phi) is 4.32. The van der Waals surface area contributed by atoms with E-state index in [1.807, 2.05) is 0 Å². The van der Waals surface area contributed by atoms with Gasteiger partial charge in [-0.15, -0.1) is 11.3 Å². The molecule has 5 nitrogen and oxygen atoms in total. The summed E-state index contributed by atoms with van der Waals surface area (Å²) in [6.07, 6.45) is 1.07. The van der Waals surface area contributed by atoms with Crippen molar-refractivity contribution in [1.29, 1.82) is 0 Å². The Hall–Kier alpha value is -1.85. The van der Waals surface area contributed by atoms with E-state index in [1.54, 1.807) is 6.07 Å². The third-order valence-electron chi connectivity index (χ3n) is 5.11. The molecule has 26 heavy (non-hydrogen) atoms. The largest absolute Gasteiger partial charge is 0.306 e. The fourth-order valence-electron chi connectivity index (χ4n) is 3.88. The number of benzene rings is 1. The van der Waals surface area contributed by atoms with E-state index in [2.05, 4.69) is 53.9 Å². The number of nitrogens with zero attached hydrogens (tertiary/aromatic N) is 2. The summed E-state index contributed by atoms with van der Waals surface area (Å²) >= 11 is 1.12. The Bertz CT molecular complexity index is 1020. The summed E-state index contributed by atoms with van der Waals surface area (Å²) in [6, 6.07) is 13.5. The molecular weight excluding hydrogens is 366 g/mol. The Morgan fingerprint density at radius 3 is 2.81 bits per heavy atom. The molecule has 3 heterocycles. The van der Waals surface area contributed by atoms with Gasteiger partial charge in [0.15, 0.2) is 0 Å². The van der Waals surface area contributed by atoms with E-state index in [0.29, 0.717) is 16.8 Å². The van der Waals surface area contributed by atoms with Crippen LogP contribution in [0.2, 0.25) is 0 Å². The molecule has 2 N–H and O–H groups in total. The van der Waals surface area contributed by atoms with Gasteiger partial charge >= 0.3 is 0 Å². The number of likely N-dealkylation sites (N-methyl/N-ethyl adjacent to an activating group) is 1.